The number of pyridine rings is 1. The van der Waals surface area contributed by atoms with E-state index in [1.807, 2.05) is 20.5 Å². The molecule has 156 valence electrons. The molecule has 0 radical (unpaired) electrons. The molecule has 0 aromatic carbocycles. The van der Waals surface area contributed by atoms with E-state index < -0.39 is 0 Å². The second-order valence-corrected chi connectivity index (χ2v) is 8.46. The maximum Gasteiger partial charge on any atom is 0.257 e. The summed E-state index contributed by atoms with van der Waals surface area (Å²) in [5.74, 6) is 0.835. The zero-order valence-electron chi connectivity index (χ0n) is 17.5. The first kappa shape index (κ1) is 19.9. The molecule has 0 bridgehead atoms. The molecule has 0 saturated carbocycles. The number of piperidine rings is 2. The Labute approximate surface area is 172 Å². The van der Waals surface area contributed by atoms with E-state index in [0.29, 0.717) is 23.8 Å². The first-order chi connectivity index (χ1) is 14.2. The predicted molar refractivity (Wildman–Crippen MR) is 113 cm³/mol. The fourth-order valence-corrected chi connectivity index (χ4v) is 4.63. The molecule has 0 N–H and O–H groups in total. The molecule has 2 aromatic rings. The highest BCUT2D eigenvalue weighted by Gasteiger charge is 2.25. The average molecular weight is 397 g/mol. The Morgan fingerprint density at radius 1 is 1.07 bits per heavy atom. The molecule has 29 heavy (non-hydrogen) atoms. The Bertz CT molecular complexity index is 861. The summed E-state index contributed by atoms with van der Waals surface area (Å²) in [6, 6.07) is 4.26. The lowest BCUT2D eigenvalue weighted by Crippen LogP contribution is -2.37. The van der Waals surface area contributed by atoms with Crippen molar-refractivity contribution in [1.82, 2.24) is 19.4 Å². The van der Waals surface area contributed by atoms with Crippen molar-refractivity contribution in [3.63, 3.8) is 0 Å². The molecular formula is C23H32N4O2. The van der Waals surface area contributed by atoms with Crippen molar-refractivity contribution in [2.75, 3.05) is 26.2 Å². The van der Waals surface area contributed by atoms with Gasteiger partial charge in [-0.1, -0.05) is 13.3 Å². The molecule has 2 aliphatic rings. The van der Waals surface area contributed by atoms with Crippen molar-refractivity contribution in [2.45, 2.75) is 64.2 Å². The number of hydrogen-bond acceptors (Lipinski definition) is 3. The highest BCUT2D eigenvalue weighted by atomic mass is 16.2. The number of carbonyl (C=O) groups excluding carboxylic acids is 2. The lowest BCUT2D eigenvalue weighted by molar-refractivity contribution is -0.132. The van der Waals surface area contributed by atoms with Gasteiger partial charge in [0.1, 0.15) is 0 Å². The van der Waals surface area contributed by atoms with Gasteiger partial charge in [0.25, 0.3) is 5.91 Å². The monoisotopic (exact) mass is 396 g/mol. The summed E-state index contributed by atoms with van der Waals surface area (Å²) in [4.78, 5) is 29.3. The SMILES string of the molecule is CCCCC(=O)N1CCC(c2ccn3ncc(C(=O)N4CCCCC4)c3c2)CC1. The molecule has 4 rings (SSSR count). The minimum atomic E-state index is 0.105. The van der Waals surface area contributed by atoms with Crippen LogP contribution in [0.1, 0.15) is 80.1 Å². The largest absolute Gasteiger partial charge is 0.343 e. The zero-order chi connectivity index (χ0) is 20.2. The molecule has 4 heterocycles. The van der Waals surface area contributed by atoms with Crippen LogP contribution in [0.4, 0.5) is 0 Å². The molecule has 2 saturated heterocycles. The van der Waals surface area contributed by atoms with Gasteiger partial charge in [-0.25, -0.2) is 4.52 Å². The van der Waals surface area contributed by atoms with Gasteiger partial charge in [0, 0.05) is 38.8 Å². The number of aromatic nitrogens is 2. The Kier molecular flexibility index (Phi) is 6.16. The third-order valence-corrected chi connectivity index (χ3v) is 6.48. The van der Waals surface area contributed by atoms with Crippen LogP contribution in [-0.2, 0) is 4.79 Å². The fourth-order valence-electron chi connectivity index (χ4n) is 4.63. The third kappa shape index (κ3) is 4.31. The van der Waals surface area contributed by atoms with Gasteiger partial charge in [-0.15, -0.1) is 0 Å². The molecule has 2 fully saturated rings. The van der Waals surface area contributed by atoms with Gasteiger partial charge in [-0.3, -0.25) is 9.59 Å². The predicted octanol–water partition coefficient (Wildman–Crippen LogP) is 3.86. The Morgan fingerprint density at radius 3 is 2.55 bits per heavy atom. The average Bonchev–Trinajstić information content (AvgIpc) is 3.21. The molecule has 0 spiro atoms. The topological polar surface area (TPSA) is 57.9 Å². The highest BCUT2D eigenvalue weighted by Crippen LogP contribution is 2.30. The first-order valence-corrected chi connectivity index (χ1v) is 11.2. The van der Waals surface area contributed by atoms with Crippen molar-refractivity contribution >= 4 is 17.3 Å². The van der Waals surface area contributed by atoms with E-state index in [-0.39, 0.29) is 5.91 Å². The van der Waals surface area contributed by atoms with E-state index in [4.69, 9.17) is 0 Å². The van der Waals surface area contributed by atoms with E-state index in [1.165, 1.54) is 12.0 Å². The van der Waals surface area contributed by atoms with Gasteiger partial charge in [0.05, 0.1) is 17.3 Å². The van der Waals surface area contributed by atoms with Crippen LogP contribution < -0.4 is 0 Å². The number of unbranched alkanes of at least 4 members (excludes halogenated alkanes) is 1. The molecule has 0 aliphatic carbocycles. The van der Waals surface area contributed by atoms with Crippen LogP contribution in [0.2, 0.25) is 0 Å². The van der Waals surface area contributed by atoms with Gasteiger partial charge in [0.15, 0.2) is 0 Å². The highest BCUT2D eigenvalue weighted by molar-refractivity contribution is 6.00. The van der Waals surface area contributed by atoms with Crippen molar-refractivity contribution < 1.29 is 9.59 Å². The standard InChI is InChI=1S/C23H32N4O2/c1-2-3-7-22(28)25-13-8-18(9-14-25)19-10-15-27-21(16-19)20(17-24-27)23(29)26-11-5-4-6-12-26/h10,15-18H,2-9,11-14H2,1H3. The molecule has 2 aliphatic heterocycles. The summed E-state index contributed by atoms with van der Waals surface area (Å²) in [5, 5.41) is 4.40. The summed E-state index contributed by atoms with van der Waals surface area (Å²) >= 11 is 0. The molecular weight excluding hydrogens is 364 g/mol. The van der Waals surface area contributed by atoms with Gasteiger partial charge >= 0.3 is 0 Å². The van der Waals surface area contributed by atoms with Crippen LogP contribution >= 0.6 is 0 Å². The van der Waals surface area contributed by atoms with Crippen LogP contribution in [-0.4, -0.2) is 57.4 Å². The Balaban J connectivity index is 1.46. The van der Waals surface area contributed by atoms with Crippen molar-refractivity contribution in [3.05, 3.63) is 35.7 Å². The van der Waals surface area contributed by atoms with Crippen LogP contribution in [0.15, 0.2) is 24.5 Å². The number of carbonyl (C=O) groups is 2. The quantitative estimate of drug-likeness (QED) is 0.771. The Hall–Kier alpha value is -2.37. The fraction of sp³-hybridized carbons (Fsp3) is 0.609. The van der Waals surface area contributed by atoms with Crippen LogP contribution in [0, 0.1) is 0 Å². The number of amides is 2. The lowest BCUT2D eigenvalue weighted by Gasteiger charge is -2.32. The molecule has 2 amide bonds. The van der Waals surface area contributed by atoms with E-state index in [2.05, 4.69) is 24.2 Å². The second-order valence-electron chi connectivity index (χ2n) is 8.46. The number of hydrogen-bond donors (Lipinski definition) is 0. The van der Waals surface area contributed by atoms with E-state index >= 15 is 0 Å². The maximum absolute atomic E-state index is 13.0. The van der Waals surface area contributed by atoms with E-state index in [0.717, 1.165) is 70.2 Å². The van der Waals surface area contributed by atoms with Crippen LogP contribution in [0.5, 0.6) is 0 Å². The summed E-state index contributed by atoms with van der Waals surface area (Å²) in [6.07, 6.45) is 11.7. The lowest BCUT2D eigenvalue weighted by atomic mass is 9.89. The normalized spacial score (nSPS) is 18.4. The molecule has 2 aromatic heterocycles. The third-order valence-electron chi connectivity index (χ3n) is 6.48. The first-order valence-electron chi connectivity index (χ1n) is 11.2. The summed E-state index contributed by atoms with van der Waals surface area (Å²) in [6.45, 7) is 5.48. The maximum atomic E-state index is 13.0. The van der Waals surface area contributed by atoms with E-state index in [1.54, 1.807) is 6.20 Å². The van der Waals surface area contributed by atoms with E-state index in [9.17, 15) is 9.59 Å². The summed E-state index contributed by atoms with van der Waals surface area (Å²) in [7, 11) is 0. The number of nitrogens with zero attached hydrogens (tertiary/aromatic N) is 4. The number of likely N-dealkylation sites (tertiary alicyclic amines) is 2. The second kappa shape index (κ2) is 8.97. The van der Waals surface area contributed by atoms with Gasteiger partial charge in [-0.05, 0) is 62.1 Å². The molecule has 0 atom stereocenters. The van der Waals surface area contributed by atoms with Crippen LogP contribution in [0.25, 0.3) is 5.52 Å². The molecule has 6 nitrogen and oxygen atoms in total. The summed E-state index contributed by atoms with van der Waals surface area (Å²) < 4.78 is 1.81. The van der Waals surface area contributed by atoms with Crippen molar-refractivity contribution in [3.8, 4) is 0 Å². The van der Waals surface area contributed by atoms with Crippen LogP contribution in [0.3, 0.4) is 0 Å². The number of fused-ring (bicyclic) bond motifs is 1. The van der Waals surface area contributed by atoms with Crippen molar-refractivity contribution in [1.29, 1.82) is 0 Å². The minimum Gasteiger partial charge on any atom is -0.343 e. The summed E-state index contributed by atoms with van der Waals surface area (Å²) in [5.41, 5.74) is 2.87. The number of rotatable bonds is 5. The van der Waals surface area contributed by atoms with Crippen molar-refractivity contribution in [2.24, 2.45) is 0 Å². The molecule has 6 heteroatoms. The van der Waals surface area contributed by atoms with Gasteiger partial charge < -0.3 is 9.80 Å². The zero-order valence-corrected chi connectivity index (χ0v) is 17.5. The smallest absolute Gasteiger partial charge is 0.257 e. The minimum absolute atomic E-state index is 0.105. The van der Waals surface area contributed by atoms with Gasteiger partial charge in [0.2, 0.25) is 5.91 Å². The molecule has 0 unspecified atom stereocenters. The Morgan fingerprint density at radius 2 is 1.83 bits per heavy atom. The van der Waals surface area contributed by atoms with Gasteiger partial charge in [-0.2, -0.15) is 5.10 Å².